The Labute approximate surface area is 204 Å². The SMILES string of the molecule is NC(=O)Oc1cccnc1N1CCC(c2nnc(CN3CCOCC3)n2Cc2ccccc2)CC1. The molecule has 4 heterocycles. The maximum atomic E-state index is 11.3. The third kappa shape index (κ3) is 5.60. The number of ether oxygens (including phenoxy) is 2. The first kappa shape index (κ1) is 23.3. The van der Waals surface area contributed by atoms with Gasteiger partial charge in [0.1, 0.15) is 11.6 Å². The normalized spacial score (nSPS) is 17.4. The fraction of sp³-hybridized carbons (Fsp3) is 0.440. The molecule has 10 nitrogen and oxygen atoms in total. The van der Waals surface area contributed by atoms with Crippen LogP contribution in [-0.2, 0) is 17.8 Å². The van der Waals surface area contributed by atoms with E-state index in [4.69, 9.17) is 20.3 Å². The molecule has 0 unspecified atom stereocenters. The Bertz CT molecular complexity index is 1120. The van der Waals surface area contributed by atoms with Gasteiger partial charge in [0.25, 0.3) is 0 Å². The largest absolute Gasteiger partial charge is 0.410 e. The van der Waals surface area contributed by atoms with Gasteiger partial charge in [-0.25, -0.2) is 9.78 Å². The van der Waals surface area contributed by atoms with E-state index in [9.17, 15) is 4.79 Å². The number of nitrogens with zero attached hydrogens (tertiary/aromatic N) is 6. The Morgan fingerprint density at radius 1 is 1.00 bits per heavy atom. The maximum Gasteiger partial charge on any atom is 0.410 e. The highest BCUT2D eigenvalue weighted by molar-refractivity contribution is 5.70. The van der Waals surface area contributed by atoms with Crippen LogP contribution in [-0.4, -0.2) is 70.1 Å². The Morgan fingerprint density at radius 2 is 1.77 bits per heavy atom. The maximum absolute atomic E-state index is 11.3. The Kier molecular flexibility index (Phi) is 7.20. The molecule has 2 aliphatic rings. The van der Waals surface area contributed by atoms with E-state index in [2.05, 4.69) is 48.7 Å². The van der Waals surface area contributed by atoms with E-state index in [-0.39, 0.29) is 5.92 Å². The van der Waals surface area contributed by atoms with Crippen LogP contribution in [0, 0.1) is 0 Å². The van der Waals surface area contributed by atoms with Crippen LogP contribution < -0.4 is 15.4 Å². The average molecular weight is 478 g/mol. The minimum Gasteiger partial charge on any atom is -0.407 e. The molecule has 2 aliphatic heterocycles. The first-order valence-electron chi connectivity index (χ1n) is 12.1. The van der Waals surface area contributed by atoms with Gasteiger partial charge in [-0.05, 0) is 30.5 Å². The number of aromatic nitrogens is 4. The number of morpholine rings is 1. The summed E-state index contributed by atoms with van der Waals surface area (Å²) < 4.78 is 13.0. The van der Waals surface area contributed by atoms with Crippen molar-refractivity contribution in [3.63, 3.8) is 0 Å². The van der Waals surface area contributed by atoms with Crippen LogP contribution in [0.2, 0.25) is 0 Å². The summed E-state index contributed by atoms with van der Waals surface area (Å²) in [6.45, 7) is 6.39. The molecule has 1 amide bonds. The molecule has 35 heavy (non-hydrogen) atoms. The van der Waals surface area contributed by atoms with Gasteiger partial charge in [-0.2, -0.15) is 0 Å². The van der Waals surface area contributed by atoms with Crippen LogP contribution >= 0.6 is 0 Å². The van der Waals surface area contributed by atoms with Crippen molar-refractivity contribution in [2.75, 3.05) is 44.3 Å². The fourth-order valence-electron chi connectivity index (χ4n) is 4.82. The van der Waals surface area contributed by atoms with Crippen molar-refractivity contribution in [2.24, 2.45) is 5.73 Å². The Balaban J connectivity index is 1.34. The number of rotatable bonds is 7. The number of amides is 1. The van der Waals surface area contributed by atoms with Crippen LogP contribution in [0.25, 0.3) is 0 Å². The van der Waals surface area contributed by atoms with Gasteiger partial charge in [-0.1, -0.05) is 30.3 Å². The third-order valence-electron chi connectivity index (χ3n) is 6.63. The second-order valence-electron chi connectivity index (χ2n) is 8.94. The summed E-state index contributed by atoms with van der Waals surface area (Å²) in [5.74, 6) is 3.34. The van der Waals surface area contributed by atoms with Crippen LogP contribution in [0.4, 0.5) is 10.6 Å². The first-order chi connectivity index (χ1) is 17.2. The Morgan fingerprint density at radius 3 is 2.51 bits per heavy atom. The number of benzene rings is 1. The molecule has 2 saturated heterocycles. The lowest BCUT2D eigenvalue weighted by atomic mass is 9.95. The number of carbonyl (C=O) groups excluding carboxylic acids is 1. The smallest absolute Gasteiger partial charge is 0.407 e. The van der Waals surface area contributed by atoms with Crippen molar-refractivity contribution >= 4 is 11.9 Å². The van der Waals surface area contributed by atoms with Crippen molar-refractivity contribution in [2.45, 2.75) is 31.8 Å². The molecule has 0 radical (unpaired) electrons. The zero-order valence-electron chi connectivity index (χ0n) is 19.8. The van der Waals surface area contributed by atoms with Gasteiger partial charge in [0.05, 0.1) is 26.3 Å². The van der Waals surface area contributed by atoms with Gasteiger partial charge < -0.3 is 24.7 Å². The molecule has 184 valence electrons. The van der Waals surface area contributed by atoms with E-state index in [1.807, 2.05) is 6.07 Å². The standard InChI is InChI=1S/C25H31N7O3/c26-25(33)35-21-7-4-10-27-24(21)31-11-8-20(9-12-31)23-29-28-22(18-30-13-15-34-16-14-30)32(23)17-19-5-2-1-3-6-19/h1-7,10,20H,8-9,11-18H2,(H2,26,33). The molecule has 0 atom stereocenters. The molecule has 0 aliphatic carbocycles. The number of nitrogens with two attached hydrogens (primary N) is 1. The molecule has 0 spiro atoms. The lowest BCUT2D eigenvalue weighted by molar-refractivity contribution is 0.0325. The zero-order chi connectivity index (χ0) is 24.0. The molecule has 0 saturated carbocycles. The highest BCUT2D eigenvalue weighted by Gasteiger charge is 2.29. The monoisotopic (exact) mass is 477 g/mol. The molecule has 10 heteroatoms. The first-order valence-corrected chi connectivity index (χ1v) is 12.1. The van der Waals surface area contributed by atoms with E-state index < -0.39 is 6.09 Å². The molecular formula is C25H31N7O3. The minimum absolute atomic E-state index is 0.283. The van der Waals surface area contributed by atoms with Crippen molar-refractivity contribution in [1.82, 2.24) is 24.6 Å². The number of primary amides is 1. The predicted molar refractivity (Wildman–Crippen MR) is 130 cm³/mol. The van der Waals surface area contributed by atoms with Crippen LogP contribution in [0.1, 0.15) is 36.0 Å². The predicted octanol–water partition coefficient (Wildman–Crippen LogP) is 2.40. The van der Waals surface area contributed by atoms with Gasteiger partial charge in [0.15, 0.2) is 11.6 Å². The summed E-state index contributed by atoms with van der Waals surface area (Å²) in [7, 11) is 0. The number of hydrogen-bond donors (Lipinski definition) is 1. The van der Waals surface area contributed by atoms with Crippen LogP contribution in [0.3, 0.4) is 0 Å². The highest BCUT2D eigenvalue weighted by atomic mass is 16.5. The van der Waals surface area contributed by atoms with Gasteiger partial charge in [0, 0.05) is 38.3 Å². The van der Waals surface area contributed by atoms with Gasteiger partial charge in [0.2, 0.25) is 0 Å². The summed E-state index contributed by atoms with van der Waals surface area (Å²) in [6.07, 6.45) is 2.66. The minimum atomic E-state index is -0.837. The number of piperidine rings is 1. The molecule has 1 aromatic carbocycles. The summed E-state index contributed by atoms with van der Waals surface area (Å²) in [6, 6.07) is 13.9. The second-order valence-corrected chi connectivity index (χ2v) is 8.94. The molecule has 0 bridgehead atoms. The van der Waals surface area contributed by atoms with Gasteiger partial charge in [-0.15, -0.1) is 10.2 Å². The molecule has 2 aromatic heterocycles. The molecular weight excluding hydrogens is 446 g/mol. The summed E-state index contributed by atoms with van der Waals surface area (Å²) in [5, 5.41) is 9.33. The van der Waals surface area contributed by atoms with Crippen molar-refractivity contribution in [3.8, 4) is 5.75 Å². The Hall–Kier alpha value is -3.50. The van der Waals surface area contributed by atoms with E-state index >= 15 is 0 Å². The molecule has 2 fully saturated rings. The summed E-state index contributed by atoms with van der Waals surface area (Å²) in [4.78, 5) is 20.3. The number of hydrogen-bond acceptors (Lipinski definition) is 8. The quantitative estimate of drug-likeness (QED) is 0.552. The van der Waals surface area contributed by atoms with Crippen molar-refractivity contribution in [1.29, 1.82) is 0 Å². The molecule has 5 rings (SSSR count). The van der Waals surface area contributed by atoms with E-state index in [1.165, 1.54) is 5.56 Å². The lowest BCUT2D eigenvalue weighted by Crippen LogP contribution is -2.37. The zero-order valence-corrected chi connectivity index (χ0v) is 19.8. The number of carbonyl (C=O) groups is 1. The van der Waals surface area contributed by atoms with Crippen LogP contribution in [0.5, 0.6) is 5.75 Å². The van der Waals surface area contributed by atoms with Gasteiger partial charge >= 0.3 is 6.09 Å². The summed E-state index contributed by atoms with van der Waals surface area (Å²) >= 11 is 0. The molecule has 2 N–H and O–H groups in total. The van der Waals surface area contributed by atoms with Crippen molar-refractivity contribution < 1.29 is 14.3 Å². The highest BCUT2D eigenvalue weighted by Crippen LogP contribution is 2.33. The van der Waals surface area contributed by atoms with E-state index in [1.54, 1.807) is 18.3 Å². The van der Waals surface area contributed by atoms with Crippen LogP contribution in [0.15, 0.2) is 48.7 Å². The summed E-state index contributed by atoms with van der Waals surface area (Å²) in [5.41, 5.74) is 6.47. The van der Waals surface area contributed by atoms with E-state index in [0.29, 0.717) is 11.6 Å². The lowest BCUT2D eigenvalue weighted by Gasteiger charge is -2.33. The second kappa shape index (κ2) is 10.8. The third-order valence-corrected chi connectivity index (χ3v) is 6.63. The molecule has 3 aromatic rings. The van der Waals surface area contributed by atoms with Gasteiger partial charge in [-0.3, -0.25) is 4.90 Å². The van der Waals surface area contributed by atoms with E-state index in [0.717, 1.165) is 77.0 Å². The number of anilines is 1. The fourth-order valence-corrected chi connectivity index (χ4v) is 4.82. The van der Waals surface area contributed by atoms with Crippen molar-refractivity contribution in [3.05, 3.63) is 65.9 Å². The number of pyridine rings is 1. The average Bonchev–Trinajstić information content (AvgIpc) is 3.27. The topological polar surface area (TPSA) is 112 Å².